The van der Waals surface area contributed by atoms with Crippen molar-refractivity contribution in [2.24, 2.45) is 7.05 Å². The second kappa shape index (κ2) is 6.35. The van der Waals surface area contributed by atoms with Crippen LogP contribution in [0.1, 0.15) is 42.1 Å². The lowest BCUT2D eigenvalue weighted by Crippen LogP contribution is -2.31. The van der Waals surface area contributed by atoms with Crippen molar-refractivity contribution in [1.82, 2.24) is 24.9 Å². The SMILES string of the molecule is Cc1ccc2cnn(CCC(=O)N[C@H]3CCCc4c3cnn4C)c2c1. The van der Waals surface area contributed by atoms with Crippen LogP contribution in [0.5, 0.6) is 0 Å². The molecule has 2 aromatic heterocycles. The highest BCUT2D eigenvalue weighted by molar-refractivity contribution is 5.80. The molecule has 0 aliphatic heterocycles. The molecule has 130 valence electrons. The minimum atomic E-state index is 0.0676. The Morgan fingerprint density at radius 1 is 1.32 bits per heavy atom. The third-order valence-corrected chi connectivity index (χ3v) is 5.06. The average Bonchev–Trinajstić information content (AvgIpc) is 3.17. The molecular weight excluding hydrogens is 314 g/mol. The summed E-state index contributed by atoms with van der Waals surface area (Å²) in [4.78, 5) is 12.4. The fourth-order valence-corrected chi connectivity index (χ4v) is 3.69. The van der Waals surface area contributed by atoms with E-state index in [1.165, 1.54) is 16.8 Å². The molecule has 4 rings (SSSR count). The molecule has 1 aliphatic carbocycles. The molecule has 6 heteroatoms. The van der Waals surface area contributed by atoms with Crippen molar-refractivity contribution < 1.29 is 4.79 Å². The first kappa shape index (κ1) is 15.9. The van der Waals surface area contributed by atoms with Gasteiger partial charge in [-0.2, -0.15) is 10.2 Å². The van der Waals surface area contributed by atoms with Crippen LogP contribution in [-0.4, -0.2) is 25.5 Å². The Balaban J connectivity index is 1.42. The van der Waals surface area contributed by atoms with Crippen LogP contribution >= 0.6 is 0 Å². The van der Waals surface area contributed by atoms with Gasteiger partial charge in [0, 0.05) is 30.1 Å². The van der Waals surface area contributed by atoms with Crippen LogP contribution in [0.3, 0.4) is 0 Å². The predicted molar refractivity (Wildman–Crippen MR) is 96.1 cm³/mol. The molecule has 1 aromatic carbocycles. The molecule has 0 unspecified atom stereocenters. The summed E-state index contributed by atoms with van der Waals surface area (Å²) in [5.74, 6) is 0.0676. The van der Waals surface area contributed by atoms with Gasteiger partial charge >= 0.3 is 0 Å². The van der Waals surface area contributed by atoms with Gasteiger partial charge in [0.1, 0.15) is 0 Å². The van der Waals surface area contributed by atoms with Gasteiger partial charge in [-0.05, 0) is 37.8 Å². The summed E-state index contributed by atoms with van der Waals surface area (Å²) in [6.07, 6.45) is 7.28. The maximum atomic E-state index is 12.4. The quantitative estimate of drug-likeness (QED) is 0.796. The summed E-state index contributed by atoms with van der Waals surface area (Å²) in [5.41, 5.74) is 4.69. The molecule has 1 N–H and O–H groups in total. The Hall–Kier alpha value is -2.63. The largest absolute Gasteiger partial charge is 0.349 e. The lowest BCUT2D eigenvalue weighted by Gasteiger charge is -2.23. The van der Waals surface area contributed by atoms with Gasteiger partial charge in [-0.25, -0.2) is 0 Å². The van der Waals surface area contributed by atoms with Gasteiger partial charge in [-0.1, -0.05) is 12.1 Å². The van der Waals surface area contributed by atoms with E-state index in [1.807, 2.05) is 28.8 Å². The van der Waals surface area contributed by atoms with E-state index in [0.717, 1.165) is 30.2 Å². The van der Waals surface area contributed by atoms with E-state index >= 15 is 0 Å². The molecule has 0 bridgehead atoms. The Morgan fingerprint density at radius 2 is 2.20 bits per heavy atom. The highest BCUT2D eigenvalue weighted by Crippen LogP contribution is 2.29. The Kier molecular flexibility index (Phi) is 4.03. The number of carbonyl (C=O) groups is 1. The van der Waals surface area contributed by atoms with Gasteiger partial charge in [0.15, 0.2) is 0 Å². The van der Waals surface area contributed by atoms with Crippen LogP contribution in [0.15, 0.2) is 30.6 Å². The summed E-state index contributed by atoms with van der Waals surface area (Å²) in [5, 5.41) is 13.0. The summed E-state index contributed by atoms with van der Waals surface area (Å²) in [6, 6.07) is 6.35. The van der Waals surface area contributed by atoms with Crippen molar-refractivity contribution in [3.8, 4) is 0 Å². The molecule has 1 amide bonds. The lowest BCUT2D eigenvalue weighted by atomic mass is 9.93. The zero-order valence-electron chi connectivity index (χ0n) is 14.7. The Morgan fingerprint density at radius 3 is 3.08 bits per heavy atom. The molecule has 0 saturated carbocycles. The average molecular weight is 337 g/mol. The minimum Gasteiger partial charge on any atom is -0.349 e. The molecule has 2 heterocycles. The van der Waals surface area contributed by atoms with Gasteiger partial charge in [-0.15, -0.1) is 0 Å². The van der Waals surface area contributed by atoms with Crippen LogP contribution in [0.25, 0.3) is 10.9 Å². The Labute approximate surface area is 146 Å². The summed E-state index contributed by atoms with van der Waals surface area (Å²) < 4.78 is 3.84. The van der Waals surface area contributed by atoms with Crippen molar-refractivity contribution in [1.29, 1.82) is 0 Å². The highest BCUT2D eigenvalue weighted by atomic mass is 16.1. The van der Waals surface area contributed by atoms with Gasteiger partial charge in [-0.3, -0.25) is 14.2 Å². The number of fused-ring (bicyclic) bond motifs is 2. The first-order valence-corrected chi connectivity index (χ1v) is 8.84. The molecule has 1 aliphatic rings. The van der Waals surface area contributed by atoms with Crippen molar-refractivity contribution >= 4 is 16.8 Å². The monoisotopic (exact) mass is 337 g/mol. The zero-order valence-corrected chi connectivity index (χ0v) is 14.7. The third kappa shape index (κ3) is 3.04. The van der Waals surface area contributed by atoms with Crippen LogP contribution in [0.2, 0.25) is 0 Å². The molecule has 0 radical (unpaired) electrons. The smallest absolute Gasteiger partial charge is 0.222 e. The fourth-order valence-electron chi connectivity index (χ4n) is 3.69. The predicted octanol–water partition coefficient (Wildman–Crippen LogP) is 2.66. The third-order valence-electron chi connectivity index (χ3n) is 5.06. The number of amides is 1. The van der Waals surface area contributed by atoms with Crippen LogP contribution in [0, 0.1) is 6.92 Å². The molecule has 1 atom stereocenters. The number of hydrogen-bond acceptors (Lipinski definition) is 3. The second-order valence-corrected chi connectivity index (χ2v) is 6.86. The minimum absolute atomic E-state index is 0.0676. The molecule has 25 heavy (non-hydrogen) atoms. The second-order valence-electron chi connectivity index (χ2n) is 6.86. The number of carbonyl (C=O) groups excluding carboxylic acids is 1. The molecular formula is C19H23N5O. The van der Waals surface area contributed by atoms with Crippen LogP contribution in [0.4, 0.5) is 0 Å². The van der Waals surface area contributed by atoms with Gasteiger partial charge in [0.25, 0.3) is 0 Å². The van der Waals surface area contributed by atoms with Crippen LogP contribution in [-0.2, 0) is 24.8 Å². The number of benzene rings is 1. The van der Waals surface area contributed by atoms with E-state index in [-0.39, 0.29) is 11.9 Å². The highest BCUT2D eigenvalue weighted by Gasteiger charge is 2.24. The van der Waals surface area contributed by atoms with Crippen molar-refractivity contribution in [2.75, 3.05) is 0 Å². The van der Waals surface area contributed by atoms with Crippen molar-refractivity contribution in [3.63, 3.8) is 0 Å². The van der Waals surface area contributed by atoms with Gasteiger partial charge in [0.05, 0.1) is 30.5 Å². The molecule has 0 saturated heterocycles. The summed E-state index contributed by atoms with van der Waals surface area (Å²) in [7, 11) is 1.97. The fraction of sp³-hybridized carbons (Fsp3) is 0.421. The maximum absolute atomic E-state index is 12.4. The van der Waals surface area contributed by atoms with E-state index in [2.05, 4.69) is 40.6 Å². The first-order chi connectivity index (χ1) is 12.1. The van der Waals surface area contributed by atoms with E-state index in [0.29, 0.717) is 13.0 Å². The number of nitrogens with zero attached hydrogens (tertiary/aromatic N) is 4. The maximum Gasteiger partial charge on any atom is 0.222 e. The normalized spacial score (nSPS) is 16.8. The van der Waals surface area contributed by atoms with E-state index in [4.69, 9.17) is 0 Å². The zero-order chi connectivity index (χ0) is 17.4. The standard InChI is InChI=1S/C19H23N5O/c1-13-6-7-14-11-21-24(18(14)10-13)9-8-19(25)22-16-4-3-5-17-15(16)12-20-23(17)2/h6-7,10-12,16H,3-5,8-9H2,1-2H3,(H,22,25)/t16-/m0/s1. The number of aromatic nitrogens is 4. The number of nitrogens with one attached hydrogen (secondary N) is 1. The van der Waals surface area contributed by atoms with E-state index in [9.17, 15) is 4.79 Å². The topological polar surface area (TPSA) is 64.7 Å². The Bertz CT molecular complexity index is 923. The number of rotatable bonds is 4. The first-order valence-electron chi connectivity index (χ1n) is 8.84. The van der Waals surface area contributed by atoms with Crippen molar-refractivity contribution in [2.45, 2.75) is 45.2 Å². The molecule has 6 nitrogen and oxygen atoms in total. The lowest BCUT2D eigenvalue weighted by molar-refractivity contribution is -0.122. The van der Waals surface area contributed by atoms with E-state index in [1.54, 1.807) is 0 Å². The molecule has 0 fully saturated rings. The van der Waals surface area contributed by atoms with E-state index < -0.39 is 0 Å². The van der Waals surface area contributed by atoms with Crippen LogP contribution < -0.4 is 5.32 Å². The summed E-state index contributed by atoms with van der Waals surface area (Å²) >= 11 is 0. The van der Waals surface area contributed by atoms with Gasteiger partial charge < -0.3 is 5.32 Å². The summed E-state index contributed by atoms with van der Waals surface area (Å²) in [6.45, 7) is 2.66. The molecule has 0 spiro atoms. The number of aryl methyl sites for hydroxylation is 3. The van der Waals surface area contributed by atoms with Gasteiger partial charge in [0.2, 0.25) is 5.91 Å². The van der Waals surface area contributed by atoms with Crippen molar-refractivity contribution in [3.05, 3.63) is 47.4 Å². The number of hydrogen-bond donors (Lipinski definition) is 1. The molecule has 3 aromatic rings.